The summed E-state index contributed by atoms with van der Waals surface area (Å²) in [5.74, 6) is -0.792. The Kier molecular flexibility index (Phi) is 9.71. The highest BCUT2D eigenvalue weighted by atomic mass is 31.2. The molecule has 0 spiro atoms. The number of ether oxygens (including phenoxy) is 2. The number of carbonyl (C=O) groups excluding carboxylic acids is 2. The van der Waals surface area contributed by atoms with Crippen LogP contribution in [-0.2, 0) is 30.2 Å². The lowest BCUT2D eigenvalue weighted by Crippen LogP contribution is -2.42. The molecule has 33 heavy (non-hydrogen) atoms. The molecule has 5 N–H and O–H groups in total. The number of carbonyl (C=O) groups is 2. The van der Waals surface area contributed by atoms with Crippen molar-refractivity contribution in [3.63, 3.8) is 0 Å². The first-order valence-electron chi connectivity index (χ1n) is 10.7. The minimum Gasteiger partial charge on any atom is -0.465 e. The molecule has 13 nitrogen and oxygen atoms in total. The molecular formula is C19H32N7O6P. The van der Waals surface area contributed by atoms with Crippen molar-refractivity contribution in [1.29, 1.82) is 0 Å². The Labute approximate surface area is 191 Å². The Bertz CT molecular complexity index is 1070. The topological polar surface area (TPSA) is 183 Å². The second-order valence-corrected chi connectivity index (χ2v) is 9.93. The van der Waals surface area contributed by atoms with Crippen LogP contribution in [0.1, 0.15) is 40.5 Å². The number of hydrogen-bond donors (Lipinski definition) is 4. The number of H-pyrrole nitrogens is 1. The molecule has 2 rings (SSSR count). The molecule has 1 unspecified atom stereocenters. The highest BCUT2D eigenvalue weighted by molar-refractivity contribution is 7.59. The van der Waals surface area contributed by atoms with Crippen LogP contribution in [0.2, 0.25) is 0 Å². The summed E-state index contributed by atoms with van der Waals surface area (Å²) >= 11 is 0. The molecule has 2 aromatic heterocycles. The van der Waals surface area contributed by atoms with Crippen LogP contribution in [0.4, 0.5) is 5.95 Å². The Hall–Kier alpha value is -2.60. The van der Waals surface area contributed by atoms with E-state index < -0.39 is 31.1 Å². The average Bonchev–Trinajstić information content (AvgIpc) is 3.14. The van der Waals surface area contributed by atoms with Crippen molar-refractivity contribution in [2.75, 3.05) is 25.3 Å². The number of fused-ring (bicyclic) bond motifs is 1. The number of imidazole rings is 1. The van der Waals surface area contributed by atoms with E-state index in [9.17, 15) is 18.9 Å². The second kappa shape index (κ2) is 12.0. The van der Waals surface area contributed by atoms with Gasteiger partial charge in [-0.2, -0.15) is 4.98 Å². The van der Waals surface area contributed by atoms with Crippen molar-refractivity contribution in [2.24, 2.45) is 0 Å². The van der Waals surface area contributed by atoms with E-state index in [-0.39, 0.29) is 43.4 Å². The molecule has 0 saturated carbocycles. The maximum absolute atomic E-state index is 13.4. The fraction of sp³-hybridized carbons (Fsp3) is 0.632. The van der Waals surface area contributed by atoms with Gasteiger partial charge >= 0.3 is 5.97 Å². The van der Waals surface area contributed by atoms with Crippen molar-refractivity contribution < 1.29 is 23.6 Å². The molecule has 0 aliphatic heterocycles. The van der Waals surface area contributed by atoms with Crippen molar-refractivity contribution in [3.05, 3.63) is 16.7 Å². The molecule has 2 aromatic rings. The van der Waals surface area contributed by atoms with E-state index >= 15 is 0 Å². The van der Waals surface area contributed by atoms with Crippen LogP contribution in [0.5, 0.6) is 0 Å². The largest absolute Gasteiger partial charge is 0.465 e. The number of esters is 1. The zero-order valence-corrected chi connectivity index (χ0v) is 20.2. The summed E-state index contributed by atoms with van der Waals surface area (Å²) in [6.45, 7) is 7.08. The van der Waals surface area contributed by atoms with Crippen LogP contribution in [0.15, 0.2) is 11.1 Å². The van der Waals surface area contributed by atoms with Gasteiger partial charge in [-0.15, -0.1) is 0 Å². The Morgan fingerprint density at radius 3 is 2.64 bits per heavy atom. The number of nitrogen functional groups attached to an aromatic ring is 1. The number of Topliss-reactive ketones (excluding diaryl/α,β-unsaturated/α-hetero) is 1. The number of aromatic amines is 1. The van der Waals surface area contributed by atoms with E-state index in [4.69, 9.17) is 15.2 Å². The smallest absolute Gasteiger partial charge is 0.323 e. The van der Waals surface area contributed by atoms with E-state index in [1.54, 1.807) is 11.5 Å². The average molecular weight is 485 g/mol. The van der Waals surface area contributed by atoms with Gasteiger partial charge in [0.2, 0.25) is 13.4 Å². The number of rotatable bonds is 14. The molecule has 0 saturated heterocycles. The second-order valence-electron chi connectivity index (χ2n) is 7.67. The van der Waals surface area contributed by atoms with Gasteiger partial charge in [-0.05, 0) is 27.2 Å². The molecule has 0 amide bonds. The first-order chi connectivity index (χ1) is 15.6. The molecule has 0 radical (unpaired) electrons. The SMILES string of the molecule is CCCCOC(=O)[C@H](C)NP(=O)(COCCn1cnc2c(=O)[nH]c(N)nc21)N[C@@H](C)C(C)=O. The lowest BCUT2D eigenvalue weighted by atomic mass is 10.3. The molecular weight excluding hydrogens is 453 g/mol. The van der Waals surface area contributed by atoms with E-state index in [1.807, 2.05) is 6.92 Å². The van der Waals surface area contributed by atoms with Gasteiger partial charge < -0.3 is 19.8 Å². The number of unbranched alkanes of at least 4 members (excludes halogenated alkanes) is 1. The summed E-state index contributed by atoms with van der Waals surface area (Å²) in [5, 5.41) is 5.50. The van der Waals surface area contributed by atoms with Crippen LogP contribution in [0.3, 0.4) is 0 Å². The minimum absolute atomic E-state index is 0.0360. The van der Waals surface area contributed by atoms with Crippen molar-refractivity contribution >= 4 is 36.3 Å². The van der Waals surface area contributed by atoms with Gasteiger partial charge in [0.1, 0.15) is 18.2 Å². The van der Waals surface area contributed by atoms with Gasteiger partial charge in [0, 0.05) is 6.54 Å². The van der Waals surface area contributed by atoms with Gasteiger partial charge in [0.25, 0.3) is 5.56 Å². The minimum atomic E-state index is -3.51. The molecule has 0 aliphatic carbocycles. The number of nitrogens with zero attached hydrogens (tertiary/aromatic N) is 3. The lowest BCUT2D eigenvalue weighted by molar-refractivity contribution is -0.145. The maximum Gasteiger partial charge on any atom is 0.323 e. The monoisotopic (exact) mass is 485 g/mol. The number of hydrogen-bond acceptors (Lipinski definition) is 9. The number of nitrogens with one attached hydrogen (secondary N) is 3. The predicted octanol–water partition coefficient (Wildman–Crippen LogP) is 0.758. The quantitative estimate of drug-likeness (QED) is 0.168. The standard InChI is InChI=1S/C19H32N7O6P/c1-5-6-8-32-18(29)13(3)25-33(30,24-12(2)14(4)27)11-31-9-7-26-10-21-15-16(26)22-19(20)23-17(15)28/h10,12-13H,5-9,11H2,1-4H3,(H2,24,25,30)(H3,20,22,23,28)/t12-,13-,33?/m0/s1. The van der Waals surface area contributed by atoms with Crippen molar-refractivity contribution in [1.82, 2.24) is 29.7 Å². The van der Waals surface area contributed by atoms with Crippen LogP contribution in [0.25, 0.3) is 11.2 Å². The van der Waals surface area contributed by atoms with E-state index in [1.165, 1.54) is 20.2 Å². The normalized spacial score (nSPS) is 15.2. The summed E-state index contributed by atoms with van der Waals surface area (Å²) in [7, 11) is -3.51. The molecule has 184 valence electrons. The summed E-state index contributed by atoms with van der Waals surface area (Å²) in [5.41, 5.74) is 5.58. The molecule has 0 aromatic carbocycles. The molecule has 0 aliphatic rings. The van der Waals surface area contributed by atoms with Crippen LogP contribution in [-0.4, -0.2) is 62.9 Å². The number of aromatic nitrogens is 4. The highest BCUT2D eigenvalue weighted by Gasteiger charge is 2.30. The third kappa shape index (κ3) is 7.74. The fourth-order valence-electron chi connectivity index (χ4n) is 2.81. The lowest BCUT2D eigenvalue weighted by Gasteiger charge is -2.26. The third-order valence-corrected chi connectivity index (χ3v) is 6.91. The van der Waals surface area contributed by atoms with Gasteiger partial charge in [0.05, 0.1) is 25.6 Å². The first kappa shape index (κ1) is 26.7. The molecule has 14 heteroatoms. The van der Waals surface area contributed by atoms with Crippen molar-refractivity contribution in [3.8, 4) is 0 Å². The summed E-state index contributed by atoms with van der Waals surface area (Å²) in [6, 6.07) is -1.59. The van der Waals surface area contributed by atoms with Crippen molar-refractivity contribution in [2.45, 2.75) is 59.2 Å². The van der Waals surface area contributed by atoms with Gasteiger partial charge in [-0.25, -0.2) is 15.2 Å². The molecule has 0 fully saturated rings. The maximum atomic E-state index is 13.4. The number of nitrogens with two attached hydrogens (primary N) is 1. The summed E-state index contributed by atoms with van der Waals surface area (Å²) in [4.78, 5) is 46.2. The van der Waals surface area contributed by atoms with Gasteiger partial charge in [-0.3, -0.25) is 23.9 Å². The number of ketones is 1. The van der Waals surface area contributed by atoms with Crippen LogP contribution >= 0.6 is 7.44 Å². The summed E-state index contributed by atoms with van der Waals surface area (Å²) in [6.07, 6.45) is 2.74. The van der Waals surface area contributed by atoms with Gasteiger partial charge in [0.15, 0.2) is 11.2 Å². The Morgan fingerprint density at radius 2 is 1.97 bits per heavy atom. The Morgan fingerprint density at radius 1 is 1.27 bits per heavy atom. The Balaban J connectivity index is 2.01. The fourth-order valence-corrected chi connectivity index (χ4v) is 4.96. The highest BCUT2D eigenvalue weighted by Crippen LogP contribution is 2.37. The third-order valence-electron chi connectivity index (χ3n) is 4.75. The van der Waals surface area contributed by atoms with E-state index in [2.05, 4.69) is 25.1 Å². The molecule has 0 bridgehead atoms. The van der Waals surface area contributed by atoms with Gasteiger partial charge in [-0.1, -0.05) is 13.3 Å². The van der Waals surface area contributed by atoms with E-state index in [0.29, 0.717) is 5.65 Å². The molecule has 3 atom stereocenters. The zero-order chi connectivity index (χ0) is 24.6. The molecule has 2 heterocycles. The summed E-state index contributed by atoms with van der Waals surface area (Å²) < 4.78 is 25.8. The number of anilines is 1. The zero-order valence-electron chi connectivity index (χ0n) is 19.3. The van der Waals surface area contributed by atoms with Crippen LogP contribution < -0.4 is 21.5 Å². The van der Waals surface area contributed by atoms with E-state index in [0.717, 1.165) is 12.8 Å². The van der Waals surface area contributed by atoms with Crippen LogP contribution in [0, 0.1) is 0 Å². The predicted molar refractivity (Wildman–Crippen MR) is 123 cm³/mol. The first-order valence-corrected chi connectivity index (χ1v) is 12.6.